The number of ether oxygens (including phenoxy) is 2. The highest BCUT2D eigenvalue weighted by Crippen LogP contribution is 2.36. The number of amides is 1. The summed E-state index contributed by atoms with van der Waals surface area (Å²) in [7, 11) is 1.31. The van der Waals surface area contributed by atoms with E-state index >= 15 is 0 Å². The van der Waals surface area contributed by atoms with Gasteiger partial charge in [0.1, 0.15) is 5.75 Å². The molecule has 1 amide bonds. The fraction of sp³-hybridized carbons (Fsp3) is 0.138. The summed E-state index contributed by atoms with van der Waals surface area (Å²) >= 11 is 4.80. The Bertz CT molecular complexity index is 1550. The van der Waals surface area contributed by atoms with Crippen LogP contribution >= 0.6 is 27.7 Å². The van der Waals surface area contributed by atoms with Crippen LogP contribution in [0.15, 0.2) is 93.4 Å². The third-order valence-corrected chi connectivity index (χ3v) is 7.48. The van der Waals surface area contributed by atoms with Gasteiger partial charge in [0.25, 0.3) is 5.91 Å². The molecule has 1 fully saturated rings. The minimum absolute atomic E-state index is 0.136. The average molecular weight is 590 g/mol. The van der Waals surface area contributed by atoms with Gasteiger partial charge in [0.2, 0.25) is 0 Å². The van der Waals surface area contributed by atoms with Gasteiger partial charge >= 0.3 is 5.97 Å². The number of thioether (sulfide) groups is 1. The summed E-state index contributed by atoms with van der Waals surface area (Å²) in [6.45, 7) is 0.244. The lowest BCUT2D eigenvalue weighted by molar-refractivity contribution is -0.142. The van der Waals surface area contributed by atoms with Gasteiger partial charge in [-0.3, -0.25) is 9.69 Å². The van der Waals surface area contributed by atoms with Crippen molar-refractivity contribution in [2.24, 2.45) is 4.99 Å². The van der Waals surface area contributed by atoms with Gasteiger partial charge < -0.3 is 14.5 Å². The number of rotatable bonds is 8. The number of carbonyl (C=O) groups excluding carboxylic acids is 2. The van der Waals surface area contributed by atoms with Crippen LogP contribution in [0.3, 0.4) is 0 Å². The molecule has 0 saturated carbocycles. The van der Waals surface area contributed by atoms with Crippen LogP contribution in [0.2, 0.25) is 0 Å². The number of amidine groups is 1. The first kappa shape index (κ1) is 25.8. The van der Waals surface area contributed by atoms with Crippen LogP contribution in [0.25, 0.3) is 17.0 Å². The number of halogens is 1. The number of hydrogen-bond acceptors (Lipinski definition) is 6. The second-order valence-corrected chi connectivity index (χ2v) is 10.4. The summed E-state index contributed by atoms with van der Waals surface area (Å²) in [5.41, 5.74) is 3.64. The number of esters is 1. The molecule has 0 radical (unpaired) electrons. The van der Waals surface area contributed by atoms with Crippen LogP contribution in [0.1, 0.15) is 11.1 Å². The Labute approximate surface area is 232 Å². The molecule has 0 atom stereocenters. The number of aliphatic imine (C=N–C) groups is 1. The van der Waals surface area contributed by atoms with Crippen molar-refractivity contribution in [1.29, 1.82) is 0 Å². The lowest BCUT2D eigenvalue weighted by Crippen LogP contribution is -2.31. The van der Waals surface area contributed by atoms with Crippen molar-refractivity contribution in [2.75, 3.05) is 20.3 Å². The van der Waals surface area contributed by atoms with Gasteiger partial charge in [-0.05, 0) is 66.2 Å². The number of H-pyrrole nitrogens is 1. The number of nitrogens with zero attached hydrogens (tertiary/aromatic N) is 2. The van der Waals surface area contributed by atoms with Crippen LogP contribution in [0.5, 0.6) is 5.75 Å². The molecule has 9 heteroatoms. The number of methoxy groups -OCH3 is 1. The minimum atomic E-state index is -0.487. The normalized spacial score (nSPS) is 15.5. The Balaban J connectivity index is 1.45. The third kappa shape index (κ3) is 5.84. The Morgan fingerprint density at radius 3 is 2.71 bits per heavy atom. The first-order chi connectivity index (χ1) is 18.5. The predicted molar refractivity (Wildman–Crippen MR) is 154 cm³/mol. The van der Waals surface area contributed by atoms with Gasteiger partial charge in [0.15, 0.2) is 11.8 Å². The molecule has 192 valence electrons. The zero-order valence-electron chi connectivity index (χ0n) is 20.5. The number of aromatic amines is 1. The molecular formula is C29H24BrN3O4S. The van der Waals surface area contributed by atoms with Crippen LogP contribution in [0.4, 0.5) is 5.69 Å². The predicted octanol–water partition coefficient (Wildman–Crippen LogP) is 6.33. The van der Waals surface area contributed by atoms with E-state index in [1.54, 1.807) is 17.0 Å². The molecule has 1 aliphatic rings. The standard InChI is InChI=1S/C29H24BrN3O4S/c1-36-27(34)18-37-25-12-11-21(30)15-20(25)16-26-28(35)33(29(38-26)32-22-7-3-2-4-8-22)14-13-19-17-31-24-10-6-5-9-23(19)24/h2-12,15-17,31H,13-14,18H2,1H3/b26-16-,32-29?. The molecule has 2 heterocycles. The molecule has 0 bridgehead atoms. The quantitative estimate of drug-likeness (QED) is 0.192. The Morgan fingerprint density at radius 2 is 1.89 bits per heavy atom. The molecule has 38 heavy (non-hydrogen) atoms. The van der Waals surface area contributed by atoms with Crippen molar-refractivity contribution in [3.05, 3.63) is 99.5 Å². The van der Waals surface area contributed by atoms with E-state index in [9.17, 15) is 9.59 Å². The number of para-hydroxylation sites is 2. The number of aromatic nitrogens is 1. The SMILES string of the molecule is COC(=O)COc1ccc(Br)cc1/C=C1\SC(=Nc2ccccc2)N(CCc2c[nH]c3ccccc23)C1=O. The van der Waals surface area contributed by atoms with E-state index in [0.29, 0.717) is 34.4 Å². The maximum Gasteiger partial charge on any atom is 0.343 e. The number of benzene rings is 3. The lowest BCUT2D eigenvalue weighted by Gasteiger charge is -2.15. The van der Waals surface area contributed by atoms with Gasteiger partial charge in [-0.15, -0.1) is 0 Å². The lowest BCUT2D eigenvalue weighted by atomic mass is 10.1. The van der Waals surface area contributed by atoms with E-state index in [4.69, 9.17) is 9.73 Å². The molecule has 0 aliphatic carbocycles. The van der Waals surface area contributed by atoms with Crippen molar-refractivity contribution in [3.63, 3.8) is 0 Å². The monoisotopic (exact) mass is 589 g/mol. The minimum Gasteiger partial charge on any atom is -0.481 e. The summed E-state index contributed by atoms with van der Waals surface area (Å²) in [4.78, 5) is 35.6. The molecule has 3 aromatic carbocycles. The van der Waals surface area contributed by atoms with E-state index in [-0.39, 0.29) is 12.5 Å². The zero-order valence-corrected chi connectivity index (χ0v) is 22.9. The maximum absolute atomic E-state index is 13.7. The second kappa shape index (κ2) is 11.7. The second-order valence-electron chi connectivity index (χ2n) is 8.45. The first-order valence-electron chi connectivity index (χ1n) is 11.9. The smallest absolute Gasteiger partial charge is 0.343 e. The maximum atomic E-state index is 13.7. The van der Waals surface area contributed by atoms with Crippen LogP contribution in [0, 0.1) is 0 Å². The molecule has 0 unspecified atom stereocenters. The number of nitrogens with one attached hydrogen (secondary N) is 1. The molecular weight excluding hydrogens is 566 g/mol. The molecule has 5 rings (SSSR count). The largest absolute Gasteiger partial charge is 0.481 e. The number of hydrogen-bond donors (Lipinski definition) is 1. The molecule has 1 N–H and O–H groups in total. The van der Waals surface area contributed by atoms with Gasteiger partial charge in [-0.25, -0.2) is 9.79 Å². The summed E-state index contributed by atoms with van der Waals surface area (Å²) < 4.78 is 11.2. The molecule has 1 saturated heterocycles. The van der Waals surface area contributed by atoms with Crippen LogP contribution < -0.4 is 4.74 Å². The van der Waals surface area contributed by atoms with E-state index in [1.165, 1.54) is 18.9 Å². The zero-order chi connectivity index (χ0) is 26.5. The molecule has 7 nitrogen and oxygen atoms in total. The Hall–Kier alpha value is -3.82. The van der Waals surface area contributed by atoms with Crippen molar-refractivity contribution >= 4 is 67.4 Å². The van der Waals surface area contributed by atoms with Crippen molar-refractivity contribution in [3.8, 4) is 5.75 Å². The van der Waals surface area contributed by atoms with Crippen molar-refractivity contribution < 1.29 is 19.1 Å². The van der Waals surface area contributed by atoms with Crippen molar-refractivity contribution in [1.82, 2.24) is 9.88 Å². The third-order valence-electron chi connectivity index (χ3n) is 5.98. The van der Waals surface area contributed by atoms with Gasteiger partial charge in [0.05, 0.1) is 17.7 Å². The fourth-order valence-electron chi connectivity index (χ4n) is 4.07. The van der Waals surface area contributed by atoms with E-state index in [2.05, 4.69) is 31.7 Å². The van der Waals surface area contributed by atoms with Gasteiger partial charge in [-0.2, -0.15) is 0 Å². The van der Waals surface area contributed by atoms with Crippen molar-refractivity contribution in [2.45, 2.75) is 6.42 Å². The highest BCUT2D eigenvalue weighted by atomic mass is 79.9. The summed E-state index contributed by atoms with van der Waals surface area (Å²) in [6, 6.07) is 23.1. The Morgan fingerprint density at radius 1 is 1.11 bits per heavy atom. The summed E-state index contributed by atoms with van der Waals surface area (Å²) in [6.07, 6.45) is 4.44. The fourth-order valence-corrected chi connectivity index (χ4v) is 5.47. The molecule has 1 aliphatic heterocycles. The van der Waals surface area contributed by atoms with E-state index < -0.39 is 5.97 Å². The Kier molecular flexibility index (Phi) is 7.95. The highest BCUT2D eigenvalue weighted by molar-refractivity contribution is 9.10. The topological polar surface area (TPSA) is 84.0 Å². The summed E-state index contributed by atoms with van der Waals surface area (Å²) in [5, 5.41) is 1.75. The molecule has 0 spiro atoms. The van der Waals surface area contributed by atoms with Crippen LogP contribution in [-0.4, -0.2) is 47.2 Å². The average Bonchev–Trinajstić information content (AvgIpc) is 3.47. The first-order valence-corrected chi connectivity index (χ1v) is 13.5. The van der Waals surface area contributed by atoms with E-state index in [1.807, 2.05) is 66.9 Å². The van der Waals surface area contributed by atoms with E-state index in [0.717, 1.165) is 26.6 Å². The van der Waals surface area contributed by atoms with Gasteiger partial charge in [0, 0.05) is 33.7 Å². The number of carbonyl (C=O) groups is 2. The number of fused-ring (bicyclic) bond motifs is 1. The molecule has 4 aromatic rings. The molecule has 1 aromatic heterocycles. The highest BCUT2D eigenvalue weighted by Gasteiger charge is 2.33. The van der Waals surface area contributed by atoms with Crippen LogP contribution in [-0.2, 0) is 20.7 Å². The van der Waals surface area contributed by atoms with Gasteiger partial charge in [-0.1, -0.05) is 52.3 Å². The summed E-state index contributed by atoms with van der Waals surface area (Å²) in [5.74, 6) is -0.153.